The van der Waals surface area contributed by atoms with Crippen LogP contribution in [-0.2, 0) is 11.2 Å². The van der Waals surface area contributed by atoms with Crippen molar-refractivity contribution >= 4 is 5.91 Å². The van der Waals surface area contributed by atoms with Crippen molar-refractivity contribution in [1.82, 2.24) is 9.88 Å². The van der Waals surface area contributed by atoms with Crippen LogP contribution in [0.4, 0.5) is 0 Å². The van der Waals surface area contributed by atoms with Crippen LogP contribution in [0.1, 0.15) is 31.0 Å². The second kappa shape index (κ2) is 5.30. The minimum Gasteiger partial charge on any atom is -0.343 e. The first-order chi connectivity index (χ1) is 8.15. The molecule has 1 aromatic rings. The monoisotopic (exact) mass is 232 g/mol. The van der Waals surface area contributed by atoms with Gasteiger partial charge in [-0.15, -0.1) is 0 Å². The molecule has 1 saturated heterocycles. The Morgan fingerprint density at radius 1 is 1.41 bits per heavy atom. The summed E-state index contributed by atoms with van der Waals surface area (Å²) in [6.07, 6.45) is 5.31. The van der Waals surface area contributed by atoms with E-state index >= 15 is 0 Å². The molecule has 0 atom stereocenters. The van der Waals surface area contributed by atoms with Crippen molar-refractivity contribution in [1.29, 1.82) is 0 Å². The molecule has 0 spiro atoms. The molecule has 1 amide bonds. The van der Waals surface area contributed by atoms with Crippen LogP contribution in [0.2, 0.25) is 0 Å². The van der Waals surface area contributed by atoms with Crippen LogP contribution in [0.25, 0.3) is 0 Å². The maximum Gasteiger partial charge on any atom is 0.219 e. The molecule has 3 heteroatoms. The van der Waals surface area contributed by atoms with Crippen molar-refractivity contribution in [3.63, 3.8) is 0 Å². The molecule has 1 aliphatic rings. The molecule has 1 aliphatic heterocycles. The van der Waals surface area contributed by atoms with Gasteiger partial charge >= 0.3 is 0 Å². The normalized spacial score (nSPS) is 17.2. The Kier molecular flexibility index (Phi) is 3.77. The minimum atomic E-state index is 0.209. The van der Waals surface area contributed by atoms with Gasteiger partial charge in [0.25, 0.3) is 0 Å². The van der Waals surface area contributed by atoms with E-state index in [1.54, 1.807) is 6.92 Å². The van der Waals surface area contributed by atoms with Crippen molar-refractivity contribution in [2.24, 2.45) is 5.92 Å². The van der Waals surface area contributed by atoms with Gasteiger partial charge in [0.2, 0.25) is 5.91 Å². The molecule has 0 unspecified atom stereocenters. The van der Waals surface area contributed by atoms with Gasteiger partial charge in [0, 0.05) is 31.9 Å². The summed E-state index contributed by atoms with van der Waals surface area (Å²) in [6.45, 7) is 5.50. The van der Waals surface area contributed by atoms with Gasteiger partial charge in [0.05, 0.1) is 0 Å². The van der Waals surface area contributed by atoms with Crippen LogP contribution >= 0.6 is 0 Å². The zero-order chi connectivity index (χ0) is 12.3. The molecule has 2 heterocycles. The van der Waals surface area contributed by atoms with Gasteiger partial charge in [-0.3, -0.25) is 9.78 Å². The molecule has 92 valence electrons. The standard InChI is InChI=1S/C14H20N2O/c1-11-3-4-14(10-15-11)9-13-5-7-16(8-6-13)12(2)17/h3-4,10,13H,5-9H2,1-2H3. The average Bonchev–Trinajstić information content (AvgIpc) is 2.33. The van der Waals surface area contributed by atoms with E-state index in [4.69, 9.17) is 0 Å². The fourth-order valence-corrected chi connectivity index (χ4v) is 2.40. The number of piperidine rings is 1. The summed E-state index contributed by atoms with van der Waals surface area (Å²) < 4.78 is 0. The van der Waals surface area contributed by atoms with Crippen LogP contribution in [0.3, 0.4) is 0 Å². The number of likely N-dealkylation sites (tertiary alicyclic amines) is 1. The third-order valence-corrected chi connectivity index (χ3v) is 3.56. The largest absolute Gasteiger partial charge is 0.343 e. The van der Waals surface area contributed by atoms with Crippen molar-refractivity contribution in [3.05, 3.63) is 29.6 Å². The summed E-state index contributed by atoms with van der Waals surface area (Å²) in [4.78, 5) is 17.5. The van der Waals surface area contributed by atoms with Gasteiger partial charge < -0.3 is 4.90 Å². The lowest BCUT2D eigenvalue weighted by Gasteiger charge is -2.31. The van der Waals surface area contributed by atoms with E-state index in [-0.39, 0.29) is 5.91 Å². The van der Waals surface area contributed by atoms with E-state index in [0.717, 1.165) is 38.0 Å². The average molecular weight is 232 g/mol. The van der Waals surface area contributed by atoms with Gasteiger partial charge in [-0.05, 0) is 43.7 Å². The van der Waals surface area contributed by atoms with Crippen LogP contribution < -0.4 is 0 Å². The second-order valence-corrected chi connectivity index (χ2v) is 4.96. The molecule has 0 aromatic carbocycles. The molecule has 0 saturated carbocycles. The van der Waals surface area contributed by atoms with Crippen LogP contribution in [-0.4, -0.2) is 28.9 Å². The van der Waals surface area contributed by atoms with Gasteiger partial charge in [-0.1, -0.05) is 6.07 Å². The number of aromatic nitrogens is 1. The summed E-state index contributed by atoms with van der Waals surface area (Å²) in [5, 5.41) is 0. The first kappa shape index (κ1) is 12.1. The Morgan fingerprint density at radius 2 is 2.12 bits per heavy atom. The SMILES string of the molecule is CC(=O)N1CCC(Cc2ccc(C)nc2)CC1. The predicted molar refractivity (Wildman–Crippen MR) is 67.7 cm³/mol. The van der Waals surface area contributed by atoms with E-state index in [9.17, 15) is 4.79 Å². The van der Waals surface area contributed by atoms with Gasteiger partial charge in [0.1, 0.15) is 0 Å². The first-order valence-corrected chi connectivity index (χ1v) is 6.32. The number of rotatable bonds is 2. The topological polar surface area (TPSA) is 33.2 Å². The van der Waals surface area contributed by atoms with Crippen LogP contribution in [0.5, 0.6) is 0 Å². The van der Waals surface area contributed by atoms with E-state index in [0.29, 0.717) is 5.92 Å². The highest BCUT2D eigenvalue weighted by molar-refractivity contribution is 5.73. The summed E-state index contributed by atoms with van der Waals surface area (Å²) in [7, 11) is 0. The van der Waals surface area contributed by atoms with E-state index in [2.05, 4.69) is 17.1 Å². The Bertz CT molecular complexity index is 378. The first-order valence-electron chi connectivity index (χ1n) is 6.32. The number of pyridine rings is 1. The predicted octanol–water partition coefficient (Wildman–Crippen LogP) is 2.19. The molecule has 17 heavy (non-hydrogen) atoms. The molecular formula is C14H20N2O. The fourth-order valence-electron chi connectivity index (χ4n) is 2.40. The van der Waals surface area contributed by atoms with Crippen molar-refractivity contribution in [2.45, 2.75) is 33.1 Å². The summed E-state index contributed by atoms with van der Waals surface area (Å²) in [6, 6.07) is 4.24. The number of aryl methyl sites for hydroxylation is 1. The quantitative estimate of drug-likeness (QED) is 0.783. The maximum atomic E-state index is 11.2. The van der Waals surface area contributed by atoms with Gasteiger partial charge in [0.15, 0.2) is 0 Å². The molecule has 2 rings (SSSR count). The number of nitrogens with zero attached hydrogens (tertiary/aromatic N) is 2. The maximum absolute atomic E-state index is 11.2. The Balaban J connectivity index is 1.85. The third kappa shape index (κ3) is 3.29. The summed E-state index contributed by atoms with van der Waals surface area (Å²) in [5.74, 6) is 0.913. The zero-order valence-electron chi connectivity index (χ0n) is 10.6. The Labute approximate surface area is 103 Å². The molecule has 1 fully saturated rings. The fraction of sp³-hybridized carbons (Fsp3) is 0.571. The molecule has 0 N–H and O–H groups in total. The van der Waals surface area contributed by atoms with E-state index < -0.39 is 0 Å². The lowest BCUT2D eigenvalue weighted by atomic mass is 9.90. The molecule has 0 radical (unpaired) electrons. The highest BCUT2D eigenvalue weighted by Gasteiger charge is 2.20. The number of carbonyl (C=O) groups excluding carboxylic acids is 1. The highest BCUT2D eigenvalue weighted by Crippen LogP contribution is 2.21. The minimum absolute atomic E-state index is 0.209. The lowest BCUT2D eigenvalue weighted by molar-refractivity contribution is -0.130. The third-order valence-electron chi connectivity index (χ3n) is 3.56. The number of hydrogen-bond donors (Lipinski definition) is 0. The van der Waals surface area contributed by atoms with Crippen LogP contribution in [0, 0.1) is 12.8 Å². The molecule has 0 bridgehead atoms. The van der Waals surface area contributed by atoms with Crippen molar-refractivity contribution in [2.75, 3.05) is 13.1 Å². The number of hydrogen-bond acceptors (Lipinski definition) is 2. The second-order valence-electron chi connectivity index (χ2n) is 4.96. The Hall–Kier alpha value is -1.38. The van der Waals surface area contributed by atoms with Gasteiger partial charge in [-0.25, -0.2) is 0 Å². The summed E-state index contributed by atoms with van der Waals surface area (Å²) >= 11 is 0. The lowest BCUT2D eigenvalue weighted by Crippen LogP contribution is -2.37. The molecular weight excluding hydrogens is 212 g/mol. The van der Waals surface area contributed by atoms with Gasteiger partial charge in [-0.2, -0.15) is 0 Å². The number of carbonyl (C=O) groups is 1. The van der Waals surface area contributed by atoms with Crippen LogP contribution in [0.15, 0.2) is 18.3 Å². The Morgan fingerprint density at radius 3 is 2.65 bits per heavy atom. The smallest absolute Gasteiger partial charge is 0.219 e. The molecule has 1 aromatic heterocycles. The van der Waals surface area contributed by atoms with Crippen molar-refractivity contribution in [3.8, 4) is 0 Å². The zero-order valence-corrected chi connectivity index (χ0v) is 10.6. The molecule has 0 aliphatic carbocycles. The van der Waals surface area contributed by atoms with Crippen molar-refractivity contribution < 1.29 is 4.79 Å². The van der Waals surface area contributed by atoms with E-state index in [1.807, 2.05) is 18.0 Å². The molecule has 3 nitrogen and oxygen atoms in total. The van der Waals surface area contributed by atoms with E-state index in [1.165, 1.54) is 5.56 Å². The number of amides is 1. The highest BCUT2D eigenvalue weighted by atomic mass is 16.2. The summed E-state index contributed by atoms with van der Waals surface area (Å²) in [5.41, 5.74) is 2.39.